The summed E-state index contributed by atoms with van der Waals surface area (Å²) in [5.41, 5.74) is 0. The van der Waals surface area contributed by atoms with Crippen LogP contribution < -0.4 is 10.6 Å². The van der Waals surface area contributed by atoms with Gasteiger partial charge in [-0.3, -0.25) is 4.99 Å². The zero-order valence-electron chi connectivity index (χ0n) is 13.3. The highest BCUT2D eigenvalue weighted by atomic mass is 127. The second-order valence-corrected chi connectivity index (χ2v) is 5.21. The molecule has 0 aliphatic carbocycles. The van der Waals surface area contributed by atoms with Crippen molar-refractivity contribution in [3.8, 4) is 0 Å². The van der Waals surface area contributed by atoms with Crippen molar-refractivity contribution in [3.63, 3.8) is 0 Å². The van der Waals surface area contributed by atoms with Gasteiger partial charge in [-0.05, 0) is 40.0 Å². The van der Waals surface area contributed by atoms with Gasteiger partial charge in [-0.15, -0.1) is 24.0 Å². The molecule has 116 valence electrons. The fourth-order valence-electron chi connectivity index (χ4n) is 1.28. The van der Waals surface area contributed by atoms with Crippen LogP contribution in [0.2, 0.25) is 0 Å². The third-order valence-corrected chi connectivity index (χ3v) is 2.73. The lowest BCUT2D eigenvalue weighted by molar-refractivity contribution is 0.0782. The maximum absolute atomic E-state index is 5.49. The average molecular weight is 385 g/mol. The van der Waals surface area contributed by atoms with Gasteiger partial charge < -0.3 is 15.4 Å². The van der Waals surface area contributed by atoms with E-state index >= 15 is 0 Å². The van der Waals surface area contributed by atoms with Crippen LogP contribution >= 0.6 is 24.0 Å². The van der Waals surface area contributed by atoms with Crippen molar-refractivity contribution < 1.29 is 4.74 Å². The maximum Gasteiger partial charge on any atom is 0.191 e. The van der Waals surface area contributed by atoms with E-state index in [0.29, 0.717) is 18.1 Å². The number of nitrogens with one attached hydrogen (secondary N) is 2. The highest BCUT2D eigenvalue weighted by Crippen LogP contribution is 1.99. The Labute approximate surface area is 136 Å². The van der Waals surface area contributed by atoms with Crippen LogP contribution in [-0.4, -0.2) is 37.8 Å². The Morgan fingerprint density at radius 1 is 1.16 bits per heavy atom. The molecule has 1 atom stereocenters. The molecule has 4 nitrogen and oxygen atoms in total. The number of nitrogens with zero attached hydrogens (tertiary/aromatic N) is 1. The zero-order chi connectivity index (χ0) is 14.0. The van der Waals surface area contributed by atoms with E-state index in [-0.39, 0.29) is 24.0 Å². The summed E-state index contributed by atoms with van der Waals surface area (Å²) in [6, 6.07) is 0.426. The first kappa shape index (κ1) is 21.3. The molecule has 5 heteroatoms. The smallest absolute Gasteiger partial charge is 0.191 e. The number of aliphatic imine (C=N–C) groups is 1. The van der Waals surface area contributed by atoms with E-state index in [1.807, 2.05) is 0 Å². The van der Waals surface area contributed by atoms with Crippen LogP contribution in [0.15, 0.2) is 4.99 Å². The number of hydrogen-bond acceptors (Lipinski definition) is 2. The second kappa shape index (κ2) is 13.0. The molecular weight excluding hydrogens is 353 g/mol. The monoisotopic (exact) mass is 385 g/mol. The van der Waals surface area contributed by atoms with Gasteiger partial charge in [0.05, 0.1) is 6.10 Å². The normalized spacial score (nSPS) is 13.4. The van der Waals surface area contributed by atoms with Gasteiger partial charge in [-0.2, -0.15) is 0 Å². The van der Waals surface area contributed by atoms with Crippen molar-refractivity contribution in [3.05, 3.63) is 0 Å². The molecule has 0 aromatic heterocycles. The molecule has 0 saturated carbocycles. The quantitative estimate of drug-likeness (QED) is 0.292. The van der Waals surface area contributed by atoms with Crippen LogP contribution in [0, 0.1) is 5.92 Å². The minimum Gasteiger partial charge on any atom is -0.379 e. The maximum atomic E-state index is 5.49. The predicted octanol–water partition coefficient (Wildman–Crippen LogP) is 3.02. The third kappa shape index (κ3) is 12.7. The summed E-state index contributed by atoms with van der Waals surface area (Å²) >= 11 is 0. The van der Waals surface area contributed by atoms with Crippen LogP contribution in [0.1, 0.15) is 48.0 Å². The molecule has 0 aromatic rings. The lowest BCUT2D eigenvalue weighted by Crippen LogP contribution is -2.44. The Bertz CT molecular complexity index is 233. The summed E-state index contributed by atoms with van der Waals surface area (Å²) in [7, 11) is 0. The SMILES string of the molecule is CCNC(=NCCCOC(C)C)NC(C)C(C)C.I. The molecular formula is C14H32IN3O. The van der Waals surface area contributed by atoms with Gasteiger partial charge in [0.15, 0.2) is 5.96 Å². The number of hydrogen-bond donors (Lipinski definition) is 2. The second-order valence-electron chi connectivity index (χ2n) is 5.21. The first-order valence-corrected chi connectivity index (χ1v) is 7.13. The summed E-state index contributed by atoms with van der Waals surface area (Å²) in [6.07, 6.45) is 1.27. The molecule has 0 radical (unpaired) electrons. The van der Waals surface area contributed by atoms with Crippen molar-refractivity contribution in [2.24, 2.45) is 10.9 Å². The number of rotatable bonds is 8. The molecule has 1 unspecified atom stereocenters. The Balaban J connectivity index is 0. The van der Waals surface area contributed by atoms with E-state index in [1.165, 1.54) is 0 Å². The van der Waals surface area contributed by atoms with E-state index in [1.54, 1.807) is 0 Å². The first-order chi connectivity index (χ1) is 8.47. The Hall–Kier alpha value is -0.0400. The van der Waals surface area contributed by atoms with Crippen molar-refractivity contribution >= 4 is 29.9 Å². The average Bonchev–Trinajstić information content (AvgIpc) is 2.28. The summed E-state index contributed by atoms with van der Waals surface area (Å²) in [5.74, 6) is 1.50. The number of halogens is 1. The molecule has 19 heavy (non-hydrogen) atoms. The summed E-state index contributed by atoms with van der Waals surface area (Å²) in [4.78, 5) is 4.55. The van der Waals surface area contributed by atoms with Crippen LogP contribution in [0.5, 0.6) is 0 Å². The summed E-state index contributed by atoms with van der Waals surface area (Å²) in [5, 5.41) is 6.68. The van der Waals surface area contributed by atoms with Crippen molar-refractivity contribution in [1.82, 2.24) is 10.6 Å². The lowest BCUT2D eigenvalue weighted by atomic mass is 10.1. The highest BCUT2D eigenvalue weighted by Gasteiger charge is 2.08. The Morgan fingerprint density at radius 3 is 2.26 bits per heavy atom. The van der Waals surface area contributed by atoms with E-state index in [9.17, 15) is 0 Å². The minimum absolute atomic E-state index is 0. The predicted molar refractivity (Wildman–Crippen MR) is 94.5 cm³/mol. The van der Waals surface area contributed by atoms with E-state index < -0.39 is 0 Å². The summed E-state index contributed by atoms with van der Waals surface area (Å²) in [6.45, 7) is 15.2. The topological polar surface area (TPSA) is 45.7 Å². The largest absolute Gasteiger partial charge is 0.379 e. The fraction of sp³-hybridized carbons (Fsp3) is 0.929. The van der Waals surface area contributed by atoms with Gasteiger partial charge in [0.2, 0.25) is 0 Å². The zero-order valence-corrected chi connectivity index (χ0v) is 15.7. The fourth-order valence-corrected chi connectivity index (χ4v) is 1.28. The standard InChI is InChI=1S/C14H31N3O.HI/c1-7-15-14(17-13(6)11(2)3)16-9-8-10-18-12(4)5;/h11-13H,7-10H2,1-6H3,(H2,15,16,17);1H. The van der Waals surface area contributed by atoms with E-state index in [2.05, 4.69) is 57.2 Å². The van der Waals surface area contributed by atoms with Gasteiger partial charge in [-0.1, -0.05) is 13.8 Å². The lowest BCUT2D eigenvalue weighted by Gasteiger charge is -2.20. The van der Waals surface area contributed by atoms with Gasteiger partial charge in [0.25, 0.3) is 0 Å². The molecule has 0 aliphatic heterocycles. The van der Waals surface area contributed by atoms with Crippen molar-refractivity contribution in [2.75, 3.05) is 19.7 Å². The summed E-state index contributed by atoms with van der Waals surface area (Å²) < 4.78 is 5.49. The van der Waals surface area contributed by atoms with E-state index in [4.69, 9.17) is 4.74 Å². The molecule has 2 N–H and O–H groups in total. The van der Waals surface area contributed by atoms with Crippen LogP contribution in [0.25, 0.3) is 0 Å². The number of guanidine groups is 1. The first-order valence-electron chi connectivity index (χ1n) is 7.13. The van der Waals surface area contributed by atoms with Crippen LogP contribution in [-0.2, 0) is 4.74 Å². The van der Waals surface area contributed by atoms with Gasteiger partial charge in [0, 0.05) is 25.7 Å². The van der Waals surface area contributed by atoms with Gasteiger partial charge in [-0.25, -0.2) is 0 Å². The molecule has 0 spiro atoms. The molecule has 0 saturated heterocycles. The Kier molecular flexibility index (Phi) is 14.5. The highest BCUT2D eigenvalue weighted by molar-refractivity contribution is 14.0. The van der Waals surface area contributed by atoms with Crippen molar-refractivity contribution in [2.45, 2.75) is 60.1 Å². The molecule has 0 bridgehead atoms. The minimum atomic E-state index is 0. The van der Waals surface area contributed by atoms with Crippen LogP contribution in [0.3, 0.4) is 0 Å². The molecule has 0 rings (SSSR count). The third-order valence-electron chi connectivity index (χ3n) is 2.73. The van der Waals surface area contributed by atoms with Crippen LogP contribution in [0.4, 0.5) is 0 Å². The van der Waals surface area contributed by atoms with E-state index in [0.717, 1.165) is 32.1 Å². The van der Waals surface area contributed by atoms with Crippen molar-refractivity contribution in [1.29, 1.82) is 0 Å². The van der Waals surface area contributed by atoms with Gasteiger partial charge in [0.1, 0.15) is 0 Å². The molecule has 0 aliphatic rings. The Morgan fingerprint density at radius 2 is 1.79 bits per heavy atom. The molecule has 0 amide bonds. The molecule has 0 aromatic carbocycles. The van der Waals surface area contributed by atoms with Gasteiger partial charge >= 0.3 is 0 Å². The number of ether oxygens (including phenoxy) is 1. The molecule has 0 heterocycles. The molecule has 0 fully saturated rings.